The number of carbonyl (C=O) groups is 1. The van der Waals surface area contributed by atoms with Gasteiger partial charge < -0.3 is 10.2 Å². The van der Waals surface area contributed by atoms with Gasteiger partial charge in [-0.05, 0) is 63.4 Å². The molecule has 0 bridgehead atoms. The molecular formula is C16H24BrClN2O. The molecule has 0 radical (unpaired) electrons. The minimum Gasteiger partial charge on any atom is -0.339 e. The van der Waals surface area contributed by atoms with Crippen molar-refractivity contribution in [2.45, 2.75) is 26.2 Å². The lowest BCUT2D eigenvalue weighted by molar-refractivity contribution is 0.0686. The molecular weight excluding hydrogens is 352 g/mol. The number of hydrogen-bond acceptors (Lipinski definition) is 2. The summed E-state index contributed by atoms with van der Waals surface area (Å²) >= 11 is 3.50. The second-order valence-electron chi connectivity index (χ2n) is 5.54. The van der Waals surface area contributed by atoms with Crippen LogP contribution in [0.4, 0.5) is 0 Å². The van der Waals surface area contributed by atoms with Crippen molar-refractivity contribution in [3.63, 3.8) is 0 Å². The van der Waals surface area contributed by atoms with Crippen LogP contribution >= 0.6 is 28.3 Å². The van der Waals surface area contributed by atoms with Crippen molar-refractivity contribution in [1.82, 2.24) is 10.2 Å². The smallest absolute Gasteiger partial charge is 0.254 e. The molecule has 0 aliphatic carbocycles. The highest BCUT2D eigenvalue weighted by molar-refractivity contribution is 9.10. The van der Waals surface area contributed by atoms with Crippen LogP contribution in [0.5, 0.6) is 0 Å². The minimum absolute atomic E-state index is 0. The van der Waals surface area contributed by atoms with Gasteiger partial charge in [-0.3, -0.25) is 4.79 Å². The molecule has 1 heterocycles. The van der Waals surface area contributed by atoms with Crippen molar-refractivity contribution in [2.24, 2.45) is 5.92 Å². The number of nitrogens with one attached hydrogen (secondary N) is 1. The van der Waals surface area contributed by atoms with Crippen molar-refractivity contribution >= 4 is 34.2 Å². The Morgan fingerprint density at radius 1 is 1.38 bits per heavy atom. The second kappa shape index (κ2) is 8.76. The lowest BCUT2D eigenvalue weighted by Gasteiger charge is -2.32. The van der Waals surface area contributed by atoms with Gasteiger partial charge in [-0.2, -0.15) is 0 Å². The van der Waals surface area contributed by atoms with Crippen molar-refractivity contribution in [2.75, 3.05) is 26.7 Å². The molecule has 3 nitrogen and oxygen atoms in total. The third kappa shape index (κ3) is 4.70. The van der Waals surface area contributed by atoms with Crippen molar-refractivity contribution in [1.29, 1.82) is 0 Å². The van der Waals surface area contributed by atoms with Gasteiger partial charge in [-0.15, -0.1) is 12.4 Å². The number of carbonyl (C=O) groups excluding carboxylic acids is 1. The maximum atomic E-state index is 12.6. The SMILES string of the molecule is CNCCC1CCN(C(=O)c2cccc(Br)c2C)CC1.Cl. The van der Waals surface area contributed by atoms with Crippen LogP contribution in [0, 0.1) is 12.8 Å². The largest absolute Gasteiger partial charge is 0.339 e. The van der Waals surface area contributed by atoms with Gasteiger partial charge in [-0.25, -0.2) is 0 Å². The van der Waals surface area contributed by atoms with E-state index in [2.05, 4.69) is 21.2 Å². The highest BCUT2D eigenvalue weighted by Crippen LogP contribution is 2.24. The van der Waals surface area contributed by atoms with Gasteiger partial charge in [0.1, 0.15) is 0 Å². The molecule has 0 unspecified atom stereocenters. The van der Waals surface area contributed by atoms with Crippen molar-refractivity contribution in [3.05, 3.63) is 33.8 Å². The van der Waals surface area contributed by atoms with Crippen LogP contribution in [0.1, 0.15) is 35.2 Å². The van der Waals surface area contributed by atoms with Gasteiger partial charge in [-0.1, -0.05) is 22.0 Å². The van der Waals surface area contributed by atoms with E-state index in [1.165, 1.54) is 6.42 Å². The monoisotopic (exact) mass is 374 g/mol. The Balaban J connectivity index is 0.00000220. The molecule has 2 rings (SSSR count). The van der Waals surface area contributed by atoms with E-state index in [9.17, 15) is 4.79 Å². The van der Waals surface area contributed by atoms with Crippen LogP contribution in [0.25, 0.3) is 0 Å². The Morgan fingerprint density at radius 2 is 2.05 bits per heavy atom. The molecule has 5 heteroatoms. The minimum atomic E-state index is 0. The fourth-order valence-electron chi connectivity index (χ4n) is 2.78. The maximum absolute atomic E-state index is 12.6. The standard InChI is InChI=1S/C16H23BrN2O.ClH/c1-12-14(4-3-5-15(12)17)16(20)19-10-7-13(8-11-19)6-9-18-2;/h3-5,13,18H,6-11H2,1-2H3;1H. The van der Waals surface area contributed by atoms with E-state index in [1.54, 1.807) is 0 Å². The van der Waals surface area contributed by atoms with Crippen LogP contribution in [-0.4, -0.2) is 37.5 Å². The third-order valence-corrected chi connectivity index (χ3v) is 5.06. The quantitative estimate of drug-likeness (QED) is 0.871. The molecule has 1 N–H and O–H groups in total. The lowest BCUT2D eigenvalue weighted by Crippen LogP contribution is -2.39. The average molecular weight is 376 g/mol. The number of piperidine rings is 1. The summed E-state index contributed by atoms with van der Waals surface area (Å²) in [5.41, 5.74) is 1.86. The zero-order chi connectivity index (χ0) is 14.5. The summed E-state index contributed by atoms with van der Waals surface area (Å²) in [5, 5.41) is 3.20. The van der Waals surface area contributed by atoms with E-state index in [1.807, 2.05) is 37.1 Å². The number of rotatable bonds is 4. The molecule has 0 atom stereocenters. The van der Waals surface area contributed by atoms with Crippen LogP contribution < -0.4 is 5.32 Å². The van der Waals surface area contributed by atoms with Crippen LogP contribution in [0.15, 0.2) is 22.7 Å². The summed E-state index contributed by atoms with van der Waals surface area (Å²) in [6.07, 6.45) is 3.47. The Kier molecular flexibility index (Phi) is 7.71. The first-order chi connectivity index (χ1) is 9.63. The van der Waals surface area contributed by atoms with Gasteiger partial charge >= 0.3 is 0 Å². The third-order valence-electron chi connectivity index (χ3n) is 4.20. The number of halogens is 2. The van der Waals surface area contributed by atoms with Gasteiger partial charge in [0, 0.05) is 23.1 Å². The molecule has 1 aromatic carbocycles. The van der Waals surface area contributed by atoms with Gasteiger partial charge in [0.2, 0.25) is 0 Å². The zero-order valence-corrected chi connectivity index (χ0v) is 15.1. The first-order valence-corrected chi connectivity index (χ1v) is 8.11. The van der Waals surface area contributed by atoms with E-state index in [0.29, 0.717) is 0 Å². The number of likely N-dealkylation sites (tertiary alicyclic amines) is 1. The summed E-state index contributed by atoms with van der Waals surface area (Å²) < 4.78 is 1.01. The molecule has 1 fully saturated rings. The molecule has 1 aromatic rings. The van der Waals surface area contributed by atoms with Crippen LogP contribution in [-0.2, 0) is 0 Å². The second-order valence-corrected chi connectivity index (χ2v) is 6.39. The maximum Gasteiger partial charge on any atom is 0.254 e. The first-order valence-electron chi connectivity index (χ1n) is 7.32. The Labute approximate surface area is 142 Å². The molecule has 0 saturated carbocycles. The van der Waals surface area contributed by atoms with E-state index in [-0.39, 0.29) is 18.3 Å². The summed E-state index contributed by atoms with van der Waals surface area (Å²) in [6, 6.07) is 5.84. The van der Waals surface area contributed by atoms with E-state index < -0.39 is 0 Å². The summed E-state index contributed by atoms with van der Waals surface area (Å²) in [4.78, 5) is 14.6. The first kappa shape index (κ1) is 18.5. The van der Waals surface area contributed by atoms with E-state index in [4.69, 9.17) is 0 Å². The number of benzene rings is 1. The topological polar surface area (TPSA) is 32.3 Å². The Hall–Kier alpha value is -0.580. The molecule has 0 aromatic heterocycles. The molecule has 1 saturated heterocycles. The number of nitrogens with zero attached hydrogens (tertiary/aromatic N) is 1. The van der Waals surface area contributed by atoms with Crippen molar-refractivity contribution in [3.8, 4) is 0 Å². The predicted octanol–water partition coefficient (Wildman–Crippen LogP) is 3.64. The van der Waals surface area contributed by atoms with Gasteiger partial charge in [0.05, 0.1) is 0 Å². The van der Waals surface area contributed by atoms with Crippen LogP contribution in [0.2, 0.25) is 0 Å². The molecule has 21 heavy (non-hydrogen) atoms. The molecule has 1 aliphatic heterocycles. The number of amides is 1. The predicted molar refractivity (Wildman–Crippen MR) is 93.3 cm³/mol. The normalized spacial score (nSPS) is 15.7. The zero-order valence-electron chi connectivity index (χ0n) is 12.7. The fourth-order valence-corrected chi connectivity index (χ4v) is 3.15. The molecule has 118 valence electrons. The molecule has 0 spiro atoms. The summed E-state index contributed by atoms with van der Waals surface area (Å²) in [6.45, 7) is 4.85. The number of hydrogen-bond donors (Lipinski definition) is 1. The Morgan fingerprint density at radius 3 is 2.67 bits per heavy atom. The fraction of sp³-hybridized carbons (Fsp3) is 0.562. The van der Waals surface area contributed by atoms with Gasteiger partial charge in [0.25, 0.3) is 5.91 Å². The highest BCUT2D eigenvalue weighted by atomic mass is 79.9. The van der Waals surface area contributed by atoms with Gasteiger partial charge in [0.15, 0.2) is 0 Å². The van der Waals surface area contributed by atoms with E-state index in [0.717, 1.165) is 54.0 Å². The lowest BCUT2D eigenvalue weighted by atomic mass is 9.93. The van der Waals surface area contributed by atoms with Crippen LogP contribution in [0.3, 0.4) is 0 Å². The Bertz CT molecular complexity index is 473. The summed E-state index contributed by atoms with van der Waals surface area (Å²) in [5.74, 6) is 0.936. The summed E-state index contributed by atoms with van der Waals surface area (Å²) in [7, 11) is 1.99. The van der Waals surface area contributed by atoms with E-state index >= 15 is 0 Å². The van der Waals surface area contributed by atoms with Crippen molar-refractivity contribution < 1.29 is 4.79 Å². The molecule has 1 aliphatic rings. The molecule has 1 amide bonds. The average Bonchev–Trinajstić information content (AvgIpc) is 2.48. The highest BCUT2D eigenvalue weighted by Gasteiger charge is 2.24.